The normalized spacial score (nSPS) is 52.5. The third-order valence-corrected chi connectivity index (χ3v) is 6.10. The van der Waals surface area contributed by atoms with E-state index in [1.807, 2.05) is 0 Å². The molecule has 11 N–H and O–H groups in total. The van der Waals surface area contributed by atoms with Crippen LogP contribution in [0.25, 0.3) is 0 Å². The van der Waals surface area contributed by atoms with E-state index in [0.717, 1.165) is 0 Å². The van der Waals surface area contributed by atoms with Crippen LogP contribution in [-0.2, 0) is 23.7 Å². The number of aliphatic hydroxyl groups excluding tert-OH is 11. The van der Waals surface area contributed by atoms with Crippen LogP contribution in [0.1, 0.15) is 0 Å². The number of hydrogen-bond donors (Lipinski definition) is 11. The van der Waals surface area contributed by atoms with E-state index in [1.165, 1.54) is 0 Å². The lowest BCUT2D eigenvalue weighted by Gasteiger charge is -2.47. The average molecular weight is 504 g/mol. The van der Waals surface area contributed by atoms with Crippen molar-refractivity contribution in [2.24, 2.45) is 0 Å². The quantitative estimate of drug-likeness (QED) is 0.154. The summed E-state index contributed by atoms with van der Waals surface area (Å²) in [6.07, 6.45) is -25.5. The van der Waals surface area contributed by atoms with E-state index in [1.54, 1.807) is 0 Å². The summed E-state index contributed by atoms with van der Waals surface area (Å²) >= 11 is 0. The fourth-order valence-corrected chi connectivity index (χ4v) is 4.03. The maximum Gasteiger partial charge on any atom is 0.187 e. The Labute approximate surface area is 192 Å². The average Bonchev–Trinajstić information content (AvgIpc) is 2.82. The Balaban J connectivity index is 1.76. The van der Waals surface area contributed by atoms with E-state index >= 15 is 0 Å². The van der Waals surface area contributed by atoms with Crippen LogP contribution in [0.15, 0.2) is 0 Å². The molecule has 15 atom stereocenters. The van der Waals surface area contributed by atoms with Gasteiger partial charge in [0.25, 0.3) is 0 Å². The fourth-order valence-electron chi connectivity index (χ4n) is 4.03. The second-order valence-electron chi connectivity index (χ2n) is 8.33. The molecule has 3 aliphatic rings. The summed E-state index contributed by atoms with van der Waals surface area (Å²) in [6, 6.07) is 0. The largest absolute Gasteiger partial charge is 0.394 e. The van der Waals surface area contributed by atoms with E-state index in [-0.39, 0.29) is 0 Å². The standard InChI is InChI=1S/C18H32O16/c19-1-4-8(23)11(26)15(16(29)30-4)34-18-13(28)14(9(24)6(3-21)32-18)33-17-12(27)10(25)7(22)5(2-20)31-17/h4-29H,1-3H2/t4-,5-,6-,7-,8-,9-,10+,11+,12-,13-,14+,15-,16?,17+,18-/m1/s1. The highest BCUT2D eigenvalue weighted by Crippen LogP contribution is 2.32. The van der Waals surface area contributed by atoms with Crippen molar-refractivity contribution in [1.82, 2.24) is 0 Å². The molecule has 200 valence electrons. The molecular weight excluding hydrogens is 472 g/mol. The first kappa shape index (κ1) is 27.9. The molecule has 3 fully saturated rings. The second kappa shape index (κ2) is 11.6. The van der Waals surface area contributed by atoms with Gasteiger partial charge in [0.1, 0.15) is 73.2 Å². The van der Waals surface area contributed by atoms with Gasteiger partial charge in [-0.2, -0.15) is 0 Å². The smallest absolute Gasteiger partial charge is 0.187 e. The minimum Gasteiger partial charge on any atom is -0.394 e. The van der Waals surface area contributed by atoms with Crippen LogP contribution >= 0.6 is 0 Å². The molecule has 0 aromatic carbocycles. The molecule has 34 heavy (non-hydrogen) atoms. The fraction of sp³-hybridized carbons (Fsp3) is 1.00. The molecule has 3 rings (SSSR count). The first-order valence-corrected chi connectivity index (χ1v) is 10.6. The molecule has 0 spiro atoms. The molecule has 0 radical (unpaired) electrons. The van der Waals surface area contributed by atoms with Gasteiger partial charge < -0.3 is 79.9 Å². The maximum atomic E-state index is 10.7. The maximum absolute atomic E-state index is 10.7. The van der Waals surface area contributed by atoms with Crippen molar-refractivity contribution in [1.29, 1.82) is 0 Å². The van der Waals surface area contributed by atoms with Crippen LogP contribution in [0.2, 0.25) is 0 Å². The highest BCUT2D eigenvalue weighted by atomic mass is 16.8. The molecule has 0 amide bonds. The summed E-state index contributed by atoms with van der Waals surface area (Å²) in [7, 11) is 0. The lowest BCUT2D eigenvalue weighted by Crippen LogP contribution is -2.66. The van der Waals surface area contributed by atoms with Gasteiger partial charge in [0, 0.05) is 0 Å². The highest BCUT2D eigenvalue weighted by molar-refractivity contribution is 4.96. The van der Waals surface area contributed by atoms with Gasteiger partial charge in [0.15, 0.2) is 18.9 Å². The van der Waals surface area contributed by atoms with Crippen molar-refractivity contribution >= 4 is 0 Å². The van der Waals surface area contributed by atoms with Crippen LogP contribution in [-0.4, -0.2) is 168 Å². The molecule has 16 heteroatoms. The first-order chi connectivity index (χ1) is 16.0. The molecule has 0 bridgehead atoms. The van der Waals surface area contributed by atoms with Gasteiger partial charge >= 0.3 is 0 Å². The predicted molar refractivity (Wildman–Crippen MR) is 101 cm³/mol. The van der Waals surface area contributed by atoms with Gasteiger partial charge in [-0.1, -0.05) is 0 Å². The summed E-state index contributed by atoms with van der Waals surface area (Å²) in [6.45, 7) is -2.30. The Morgan fingerprint density at radius 1 is 0.441 bits per heavy atom. The molecule has 0 aromatic rings. The third-order valence-electron chi connectivity index (χ3n) is 6.10. The van der Waals surface area contributed by atoms with Crippen molar-refractivity contribution in [3.8, 4) is 0 Å². The van der Waals surface area contributed by atoms with E-state index in [2.05, 4.69) is 0 Å². The third kappa shape index (κ3) is 5.37. The Morgan fingerprint density at radius 2 is 0.882 bits per heavy atom. The molecule has 0 aliphatic carbocycles. The number of hydrogen-bond acceptors (Lipinski definition) is 16. The molecule has 0 aromatic heterocycles. The SMILES string of the molecule is OC[C@H]1O[C@@H](O[C@@H]2[C@@H](O)[C@@H](O[C@H]3C(O)O[C@H](CO)[C@@H](O)[C@@H]3O)O[C@H](CO)[C@H]2O)[C@H](O)[C@@H](O)[C@@H]1O. The van der Waals surface area contributed by atoms with E-state index in [4.69, 9.17) is 28.8 Å². The van der Waals surface area contributed by atoms with E-state index in [0.29, 0.717) is 0 Å². The monoisotopic (exact) mass is 504 g/mol. The molecular formula is C18H32O16. The Bertz CT molecular complexity index is 639. The Kier molecular flexibility index (Phi) is 9.54. The molecule has 0 saturated carbocycles. The molecule has 16 nitrogen and oxygen atoms in total. The molecule has 1 unspecified atom stereocenters. The van der Waals surface area contributed by atoms with Crippen LogP contribution in [0.3, 0.4) is 0 Å². The summed E-state index contributed by atoms with van der Waals surface area (Å²) in [5, 5.41) is 110. The number of rotatable bonds is 7. The zero-order chi connectivity index (χ0) is 25.3. The minimum atomic E-state index is -1.92. The summed E-state index contributed by atoms with van der Waals surface area (Å²) in [5.74, 6) is 0. The lowest BCUT2D eigenvalue weighted by atomic mass is 9.96. The highest BCUT2D eigenvalue weighted by Gasteiger charge is 2.53. The first-order valence-electron chi connectivity index (χ1n) is 10.6. The Morgan fingerprint density at radius 3 is 1.44 bits per heavy atom. The van der Waals surface area contributed by atoms with Gasteiger partial charge in [0.2, 0.25) is 0 Å². The van der Waals surface area contributed by atoms with E-state index in [9.17, 15) is 51.1 Å². The van der Waals surface area contributed by atoms with Crippen molar-refractivity contribution in [2.45, 2.75) is 92.1 Å². The van der Waals surface area contributed by atoms with Crippen molar-refractivity contribution in [2.75, 3.05) is 19.8 Å². The van der Waals surface area contributed by atoms with Gasteiger partial charge in [-0.05, 0) is 0 Å². The zero-order valence-electron chi connectivity index (χ0n) is 17.7. The van der Waals surface area contributed by atoms with Gasteiger partial charge in [0.05, 0.1) is 19.8 Å². The summed E-state index contributed by atoms with van der Waals surface area (Å²) < 4.78 is 26.2. The summed E-state index contributed by atoms with van der Waals surface area (Å²) in [4.78, 5) is 0. The molecule has 3 heterocycles. The van der Waals surface area contributed by atoms with Crippen LogP contribution < -0.4 is 0 Å². The molecule has 3 aliphatic heterocycles. The van der Waals surface area contributed by atoms with Crippen LogP contribution in [0, 0.1) is 0 Å². The van der Waals surface area contributed by atoms with Crippen LogP contribution in [0.4, 0.5) is 0 Å². The second-order valence-corrected chi connectivity index (χ2v) is 8.33. The number of aliphatic hydroxyl groups is 11. The van der Waals surface area contributed by atoms with Crippen molar-refractivity contribution in [3.63, 3.8) is 0 Å². The molecule has 3 saturated heterocycles. The number of ether oxygens (including phenoxy) is 5. The van der Waals surface area contributed by atoms with Crippen molar-refractivity contribution < 1.29 is 79.9 Å². The Hall–Kier alpha value is -0.640. The van der Waals surface area contributed by atoms with Crippen molar-refractivity contribution in [3.05, 3.63) is 0 Å². The van der Waals surface area contributed by atoms with Gasteiger partial charge in [-0.15, -0.1) is 0 Å². The topological polar surface area (TPSA) is 269 Å². The summed E-state index contributed by atoms with van der Waals surface area (Å²) in [5.41, 5.74) is 0. The van der Waals surface area contributed by atoms with Gasteiger partial charge in [-0.3, -0.25) is 0 Å². The van der Waals surface area contributed by atoms with E-state index < -0.39 is 112 Å². The minimum absolute atomic E-state index is 0.724. The van der Waals surface area contributed by atoms with Crippen LogP contribution in [0.5, 0.6) is 0 Å². The van der Waals surface area contributed by atoms with Gasteiger partial charge in [-0.25, -0.2) is 0 Å². The lowest BCUT2D eigenvalue weighted by molar-refractivity contribution is -0.382. The zero-order valence-corrected chi connectivity index (χ0v) is 17.7. The predicted octanol–water partition coefficient (Wildman–Crippen LogP) is -7.57.